The van der Waals surface area contributed by atoms with E-state index in [2.05, 4.69) is 35.5 Å². The first-order valence-electron chi connectivity index (χ1n) is 12.2. The van der Waals surface area contributed by atoms with E-state index in [9.17, 15) is 4.79 Å². The Bertz CT molecular complexity index is 1750. The maximum Gasteiger partial charge on any atom is 0.227 e. The first-order valence-corrected chi connectivity index (χ1v) is 12.2. The molecule has 1 amide bonds. The number of anilines is 1. The number of pyridine rings is 3. The maximum absolute atomic E-state index is 12.6. The number of rotatable bonds is 5. The molecule has 3 N–H and O–H groups in total. The van der Waals surface area contributed by atoms with Crippen LogP contribution in [0, 0.1) is 5.92 Å². The van der Waals surface area contributed by atoms with Crippen LogP contribution in [0.4, 0.5) is 5.69 Å². The quantitative estimate of drug-likeness (QED) is 0.296. The summed E-state index contributed by atoms with van der Waals surface area (Å²) in [4.78, 5) is 34.3. The molecule has 0 spiro atoms. The molecule has 1 fully saturated rings. The summed E-state index contributed by atoms with van der Waals surface area (Å²) in [7, 11) is 0. The standard InChI is InChI=1S/C27H22N8O2/c36-27(15-3-1-2-4-15)30-18-11-17(12-28-13-18)20-5-6-21-23(31-20)24(35-34-21)26-32-22-19(16-8-10-37-14-16)7-9-29-25(22)33-26/h5-15H,1-4H2,(H,30,36)(H,34,35)(H,29,32,33). The van der Waals surface area contributed by atoms with Crippen molar-refractivity contribution < 1.29 is 9.21 Å². The molecule has 10 nitrogen and oxygen atoms in total. The highest BCUT2D eigenvalue weighted by atomic mass is 16.3. The Morgan fingerprint density at radius 1 is 1.05 bits per heavy atom. The summed E-state index contributed by atoms with van der Waals surface area (Å²) in [5.74, 6) is 0.703. The topological polar surface area (TPSA) is 138 Å². The second kappa shape index (κ2) is 8.66. The van der Waals surface area contributed by atoms with Crippen LogP contribution in [0.5, 0.6) is 0 Å². The minimum atomic E-state index is 0.0604. The average molecular weight is 491 g/mol. The first-order chi connectivity index (χ1) is 18.2. The average Bonchev–Trinajstić information content (AvgIpc) is 3.74. The molecule has 0 aliphatic heterocycles. The lowest BCUT2D eigenvalue weighted by molar-refractivity contribution is -0.119. The Labute approximate surface area is 210 Å². The largest absolute Gasteiger partial charge is 0.472 e. The molecule has 0 saturated heterocycles. The highest BCUT2D eigenvalue weighted by Gasteiger charge is 2.23. The summed E-state index contributed by atoms with van der Waals surface area (Å²) in [6, 6.07) is 9.54. The van der Waals surface area contributed by atoms with E-state index in [0.717, 1.165) is 53.4 Å². The fourth-order valence-corrected chi connectivity index (χ4v) is 4.99. The summed E-state index contributed by atoms with van der Waals surface area (Å²) >= 11 is 0. The second-order valence-electron chi connectivity index (χ2n) is 9.25. The van der Waals surface area contributed by atoms with E-state index in [1.165, 1.54) is 0 Å². The van der Waals surface area contributed by atoms with Crippen molar-refractivity contribution in [2.75, 3.05) is 5.32 Å². The van der Waals surface area contributed by atoms with Gasteiger partial charge in [-0.2, -0.15) is 5.10 Å². The molecule has 6 aromatic rings. The van der Waals surface area contributed by atoms with E-state index in [1.807, 2.05) is 30.3 Å². The van der Waals surface area contributed by atoms with E-state index < -0.39 is 0 Å². The molecule has 0 aromatic carbocycles. The number of amides is 1. The molecule has 1 aliphatic rings. The van der Waals surface area contributed by atoms with Crippen LogP contribution in [0.3, 0.4) is 0 Å². The molecule has 7 rings (SSSR count). The Kier molecular flexibility index (Phi) is 5.02. The highest BCUT2D eigenvalue weighted by Crippen LogP contribution is 2.32. The van der Waals surface area contributed by atoms with E-state index in [1.54, 1.807) is 31.1 Å². The number of aromatic amines is 2. The van der Waals surface area contributed by atoms with Gasteiger partial charge in [0.05, 0.1) is 41.1 Å². The summed E-state index contributed by atoms with van der Waals surface area (Å²) < 4.78 is 5.25. The third-order valence-corrected chi connectivity index (χ3v) is 6.88. The summed E-state index contributed by atoms with van der Waals surface area (Å²) in [5.41, 5.74) is 7.46. The summed E-state index contributed by atoms with van der Waals surface area (Å²) in [6.45, 7) is 0. The van der Waals surface area contributed by atoms with Crippen molar-refractivity contribution in [3.05, 3.63) is 61.4 Å². The number of nitrogens with zero attached hydrogens (tertiary/aromatic N) is 5. The normalized spacial score (nSPS) is 14.1. The van der Waals surface area contributed by atoms with Crippen molar-refractivity contribution in [2.45, 2.75) is 25.7 Å². The van der Waals surface area contributed by atoms with Gasteiger partial charge in [0.2, 0.25) is 5.91 Å². The lowest BCUT2D eigenvalue weighted by atomic mass is 10.1. The molecule has 1 aliphatic carbocycles. The van der Waals surface area contributed by atoms with Gasteiger partial charge in [0.1, 0.15) is 5.52 Å². The van der Waals surface area contributed by atoms with Crippen LogP contribution in [0.25, 0.3) is 56.1 Å². The van der Waals surface area contributed by atoms with Crippen LogP contribution in [0.2, 0.25) is 0 Å². The third kappa shape index (κ3) is 3.83. The molecule has 0 radical (unpaired) electrons. The smallest absolute Gasteiger partial charge is 0.227 e. The van der Waals surface area contributed by atoms with Crippen LogP contribution in [-0.4, -0.2) is 41.0 Å². The van der Waals surface area contributed by atoms with Crippen molar-refractivity contribution in [2.24, 2.45) is 5.92 Å². The van der Waals surface area contributed by atoms with Crippen molar-refractivity contribution in [3.63, 3.8) is 0 Å². The van der Waals surface area contributed by atoms with Gasteiger partial charge in [-0.3, -0.25) is 14.9 Å². The number of imidazole rings is 1. The molecule has 10 heteroatoms. The number of carbonyl (C=O) groups excluding carboxylic acids is 1. The van der Waals surface area contributed by atoms with E-state index in [0.29, 0.717) is 34.1 Å². The van der Waals surface area contributed by atoms with Crippen molar-refractivity contribution in [3.8, 4) is 33.9 Å². The molecule has 6 heterocycles. The van der Waals surface area contributed by atoms with Gasteiger partial charge in [-0.15, -0.1) is 0 Å². The number of hydrogen-bond acceptors (Lipinski definition) is 7. The number of carbonyl (C=O) groups is 1. The fraction of sp³-hybridized carbons (Fsp3) is 0.185. The Morgan fingerprint density at radius 2 is 1.97 bits per heavy atom. The van der Waals surface area contributed by atoms with Crippen molar-refractivity contribution >= 4 is 33.8 Å². The molecule has 0 bridgehead atoms. The SMILES string of the molecule is O=C(Nc1cncc(-c2ccc3[nH]nc(-c4nc5nccc(-c6ccoc6)c5[nH]4)c3n2)c1)C1CCCC1. The Balaban J connectivity index is 1.25. The molecule has 182 valence electrons. The Morgan fingerprint density at radius 3 is 2.84 bits per heavy atom. The molecular weight excluding hydrogens is 468 g/mol. The molecule has 1 saturated carbocycles. The van der Waals surface area contributed by atoms with Crippen LogP contribution < -0.4 is 5.32 Å². The second-order valence-corrected chi connectivity index (χ2v) is 9.25. The predicted octanol–water partition coefficient (Wildman–Crippen LogP) is 5.35. The summed E-state index contributed by atoms with van der Waals surface area (Å²) in [6.07, 6.45) is 12.6. The minimum Gasteiger partial charge on any atom is -0.472 e. The lowest BCUT2D eigenvalue weighted by Crippen LogP contribution is -2.20. The number of aromatic nitrogens is 7. The number of nitrogens with one attached hydrogen (secondary N) is 3. The molecule has 6 aromatic heterocycles. The van der Waals surface area contributed by atoms with Crippen molar-refractivity contribution in [1.82, 2.24) is 35.1 Å². The van der Waals surface area contributed by atoms with Crippen LogP contribution in [0.1, 0.15) is 25.7 Å². The predicted molar refractivity (Wildman–Crippen MR) is 138 cm³/mol. The molecule has 0 unspecified atom stereocenters. The van der Waals surface area contributed by atoms with Crippen molar-refractivity contribution in [1.29, 1.82) is 0 Å². The van der Waals surface area contributed by atoms with Gasteiger partial charge in [0, 0.05) is 35.0 Å². The van der Waals surface area contributed by atoms with Crippen LogP contribution in [0.15, 0.2) is 65.9 Å². The summed E-state index contributed by atoms with van der Waals surface area (Å²) in [5, 5.41) is 10.5. The van der Waals surface area contributed by atoms with Gasteiger partial charge < -0.3 is 14.7 Å². The molecule has 37 heavy (non-hydrogen) atoms. The van der Waals surface area contributed by atoms with E-state index in [-0.39, 0.29) is 11.8 Å². The third-order valence-electron chi connectivity index (χ3n) is 6.88. The number of furan rings is 1. The van der Waals surface area contributed by atoms with E-state index in [4.69, 9.17) is 9.40 Å². The van der Waals surface area contributed by atoms with Crippen LogP contribution >= 0.6 is 0 Å². The zero-order chi connectivity index (χ0) is 24.8. The van der Waals surface area contributed by atoms with Gasteiger partial charge >= 0.3 is 0 Å². The Hall–Kier alpha value is -4.86. The first kappa shape index (κ1) is 21.4. The van der Waals surface area contributed by atoms with Gasteiger partial charge in [0.25, 0.3) is 0 Å². The zero-order valence-electron chi connectivity index (χ0n) is 19.7. The lowest BCUT2D eigenvalue weighted by Gasteiger charge is -2.11. The van der Waals surface area contributed by atoms with Gasteiger partial charge in [0.15, 0.2) is 17.2 Å². The minimum absolute atomic E-state index is 0.0604. The van der Waals surface area contributed by atoms with Gasteiger partial charge in [-0.05, 0) is 43.2 Å². The molecular formula is C27H22N8O2. The zero-order valence-corrected chi connectivity index (χ0v) is 19.7. The number of hydrogen-bond donors (Lipinski definition) is 3. The van der Waals surface area contributed by atoms with Gasteiger partial charge in [-0.1, -0.05) is 12.8 Å². The number of H-pyrrole nitrogens is 2. The number of fused-ring (bicyclic) bond motifs is 2. The highest BCUT2D eigenvalue weighted by molar-refractivity contribution is 5.95. The van der Waals surface area contributed by atoms with Gasteiger partial charge in [-0.25, -0.2) is 15.0 Å². The maximum atomic E-state index is 12.6. The molecule has 0 atom stereocenters. The fourth-order valence-electron chi connectivity index (χ4n) is 4.99. The van der Waals surface area contributed by atoms with Crippen LogP contribution in [-0.2, 0) is 4.79 Å². The monoisotopic (exact) mass is 490 g/mol. The van der Waals surface area contributed by atoms with E-state index >= 15 is 0 Å².